The smallest absolute Gasteiger partial charge is 0.216 e. The second-order valence-electron chi connectivity index (χ2n) is 7.10. The van der Waals surface area contributed by atoms with Gasteiger partial charge < -0.3 is 14.8 Å². The molecule has 5 heteroatoms. The standard InChI is InChI=1S/C16H32ClNO3/c1-14(19)18-7-9-21-11-10-20-8-6-15(2,3)12-16(4,5)13-17/h6-13H2,1-5H3,(H,18,19). The maximum atomic E-state index is 10.6. The molecule has 0 aromatic rings. The molecule has 1 amide bonds. The van der Waals surface area contributed by atoms with Gasteiger partial charge >= 0.3 is 0 Å². The molecule has 0 aliphatic rings. The van der Waals surface area contributed by atoms with Crippen molar-refractivity contribution in [3.63, 3.8) is 0 Å². The predicted molar refractivity (Wildman–Crippen MR) is 87.8 cm³/mol. The van der Waals surface area contributed by atoms with Crippen LogP contribution in [0.15, 0.2) is 0 Å². The molecule has 0 spiro atoms. The number of hydrogen-bond acceptors (Lipinski definition) is 3. The van der Waals surface area contributed by atoms with Crippen LogP contribution in [0.4, 0.5) is 0 Å². The Morgan fingerprint density at radius 3 is 2.10 bits per heavy atom. The number of carbonyl (C=O) groups excluding carboxylic acids is 1. The van der Waals surface area contributed by atoms with Crippen LogP contribution in [0.2, 0.25) is 0 Å². The van der Waals surface area contributed by atoms with Gasteiger partial charge in [-0.25, -0.2) is 0 Å². The summed E-state index contributed by atoms with van der Waals surface area (Å²) >= 11 is 5.99. The van der Waals surface area contributed by atoms with Gasteiger partial charge in [0.15, 0.2) is 0 Å². The molecule has 0 aromatic carbocycles. The third-order valence-electron chi connectivity index (χ3n) is 3.23. The van der Waals surface area contributed by atoms with Crippen LogP contribution >= 0.6 is 11.6 Å². The van der Waals surface area contributed by atoms with E-state index in [9.17, 15) is 4.79 Å². The van der Waals surface area contributed by atoms with Gasteiger partial charge in [-0.1, -0.05) is 27.7 Å². The van der Waals surface area contributed by atoms with E-state index in [2.05, 4.69) is 33.0 Å². The molecule has 0 fully saturated rings. The Balaban J connectivity index is 3.55. The summed E-state index contributed by atoms with van der Waals surface area (Å²) in [6, 6.07) is 0. The Morgan fingerprint density at radius 1 is 1.00 bits per heavy atom. The zero-order valence-corrected chi connectivity index (χ0v) is 15.0. The molecule has 0 radical (unpaired) electrons. The van der Waals surface area contributed by atoms with E-state index in [1.165, 1.54) is 6.92 Å². The lowest BCUT2D eigenvalue weighted by Gasteiger charge is -2.33. The molecule has 0 atom stereocenters. The van der Waals surface area contributed by atoms with Gasteiger partial charge in [-0.05, 0) is 23.7 Å². The normalized spacial score (nSPS) is 12.5. The summed E-state index contributed by atoms with van der Waals surface area (Å²) in [6.07, 6.45) is 2.10. The number of hydrogen-bond donors (Lipinski definition) is 1. The van der Waals surface area contributed by atoms with Gasteiger partial charge in [0.2, 0.25) is 5.91 Å². The Labute approximate surface area is 134 Å². The van der Waals surface area contributed by atoms with E-state index in [1.807, 2.05) is 0 Å². The fourth-order valence-electron chi connectivity index (χ4n) is 2.40. The molecule has 126 valence electrons. The van der Waals surface area contributed by atoms with Gasteiger partial charge in [0.05, 0.1) is 19.8 Å². The SMILES string of the molecule is CC(=O)NCCOCCOCCC(C)(C)CC(C)(C)CCl. The van der Waals surface area contributed by atoms with Crippen LogP contribution in [-0.4, -0.2) is 44.8 Å². The second-order valence-corrected chi connectivity index (χ2v) is 7.36. The topological polar surface area (TPSA) is 47.6 Å². The highest BCUT2D eigenvalue weighted by atomic mass is 35.5. The van der Waals surface area contributed by atoms with E-state index in [-0.39, 0.29) is 16.7 Å². The van der Waals surface area contributed by atoms with Crippen LogP contribution in [0.1, 0.15) is 47.5 Å². The Morgan fingerprint density at radius 2 is 1.57 bits per heavy atom. The van der Waals surface area contributed by atoms with Crippen molar-refractivity contribution >= 4 is 17.5 Å². The summed E-state index contributed by atoms with van der Waals surface area (Å²) in [4.78, 5) is 10.6. The minimum Gasteiger partial charge on any atom is -0.379 e. The van der Waals surface area contributed by atoms with Crippen molar-refractivity contribution in [3.05, 3.63) is 0 Å². The maximum absolute atomic E-state index is 10.6. The van der Waals surface area contributed by atoms with Crippen LogP contribution in [0, 0.1) is 10.8 Å². The third kappa shape index (κ3) is 13.1. The summed E-state index contributed by atoms with van der Waals surface area (Å²) in [5, 5.41) is 2.68. The molecule has 0 unspecified atom stereocenters. The van der Waals surface area contributed by atoms with Gasteiger partial charge in [-0.2, -0.15) is 0 Å². The molecule has 0 aromatic heterocycles. The van der Waals surface area contributed by atoms with Crippen molar-refractivity contribution in [3.8, 4) is 0 Å². The number of ether oxygens (including phenoxy) is 2. The van der Waals surface area contributed by atoms with Crippen molar-refractivity contribution in [2.75, 3.05) is 38.9 Å². The molecule has 4 nitrogen and oxygen atoms in total. The largest absolute Gasteiger partial charge is 0.379 e. The first-order valence-corrected chi connectivity index (χ1v) is 8.18. The first kappa shape index (κ1) is 20.7. The van der Waals surface area contributed by atoms with Gasteiger partial charge in [-0.15, -0.1) is 11.6 Å². The van der Waals surface area contributed by atoms with Gasteiger partial charge in [0.25, 0.3) is 0 Å². The van der Waals surface area contributed by atoms with Crippen LogP contribution in [0.3, 0.4) is 0 Å². The number of rotatable bonds is 12. The summed E-state index contributed by atoms with van der Waals surface area (Å²) < 4.78 is 11.0. The maximum Gasteiger partial charge on any atom is 0.216 e. The molecule has 0 aliphatic heterocycles. The number of carbonyl (C=O) groups is 1. The highest BCUT2D eigenvalue weighted by Gasteiger charge is 2.27. The third-order valence-corrected chi connectivity index (χ3v) is 3.96. The van der Waals surface area contributed by atoms with Gasteiger partial charge in [0, 0.05) is 26.0 Å². The molecular formula is C16H32ClNO3. The van der Waals surface area contributed by atoms with E-state index in [0.29, 0.717) is 32.2 Å². The first-order chi connectivity index (χ1) is 9.68. The highest BCUT2D eigenvalue weighted by molar-refractivity contribution is 6.18. The van der Waals surface area contributed by atoms with Crippen LogP contribution < -0.4 is 5.32 Å². The van der Waals surface area contributed by atoms with Crippen LogP contribution in [-0.2, 0) is 14.3 Å². The zero-order chi connectivity index (χ0) is 16.4. The highest BCUT2D eigenvalue weighted by Crippen LogP contribution is 2.36. The van der Waals surface area contributed by atoms with E-state index < -0.39 is 0 Å². The van der Waals surface area contributed by atoms with E-state index in [1.54, 1.807) is 0 Å². The number of halogens is 1. The van der Waals surface area contributed by atoms with E-state index >= 15 is 0 Å². The molecule has 21 heavy (non-hydrogen) atoms. The molecule has 0 saturated heterocycles. The number of alkyl halides is 1. The Bertz CT molecular complexity index is 293. The van der Waals surface area contributed by atoms with Gasteiger partial charge in [0.1, 0.15) is 0 Å². The average molecular weight is 322 g/mol. The molecule has 0 bridgehead atoms. The minimum atomic E-state index is -0.0306. The second kappa shape index (κ2) is 10.4. The van der Waals surface area contributed by atoms with Crippen molar-refractivity contribution in [2.45, 2.75) is 47.5 Å². The molecule has 0 saturated carbocycles. The molecular weight excluding hydrogens is 290 g/mol. The fourth-order valence-corrected chi connectivity index (χ4v) is 2.50. The molecule has 0 heterocycles. The lowest BCUT2D eigenvalue weighted by molar-refractivity contribution is -0.119. The van der Waals surface area contributed by atoms with E-state index in [4.69, 9.17) is 21.1 Å². The monoisotopic (exact) mass is 321 g/mol. The summed E-state index contributed by atoms with van der Waals surface area (Å²) in [5.74, 6) is 0.649. The minimum absolute atomic E-state index is 0.0306. The lowest BCUT2D eigenvalue weighted by Crippen LogP contribution is -2.26. The van der Waals surface area contributed by atoms with E-state index in [0.717, 1.165) is 19.4 Å². The first-order valence-electron chi connectivity index (χ1n) is 7.64. The average Bonchev–Trinajstić information content (AvgIpc) is 2.35. The number of amides is 1. The number of nitrogens with one attached hydrogen (secondary N) is 1. The quantitative estimate of drug-likeness (QED) is 0.443. The zero-order valence-electron chi connectivity index (χ0n) is 14.3. The van der Waals surface area contributed by atoms with Crippen molar-refractivity contribution < 1.29 is 14.3 Å². The molecule has 0 rings (SSSR count). The lowest BCUT2D eigenvalue weighted by atomic mass is 9.74. The van der Waals surface area contributed by atoms with Crippen LogP contribution in [0.5, 0.6) is 0 Å². The molecule has 0 aliphatic carbocycles. The summed E-state index contributed by atoms with van der Waals surface area (Å²) in [5.41, 5.74) is 0.391. The van der Waals surface area contributed by atoms with Gasteiger partial charge in [-0.3, -0.25) is 4.79 Å². The predicted octanol–water partition coefficient (Wildman–Crippen LogP) is 3.23. The van der Waals surface area contributed by atoms with Crippen molar-refractivity contribution in [2.24, 2.45) is 10.8 Å². The Kier molecular flexibility index (Phi) is 10.3. The summed E-state index contributed by atoms with van der Waals surface area (Å²) in [6.45, 7) is 13.4. The fraction of sp³-hybridized carbons (Fsp3) is 0.938. The molecule has 1 N–H and O–H groups in total. The summed E-state index contributed by atoms with van der Waals surface area (Å²) in [7, 11) is 0. The Hall–Kier alpha value is -0.320. The van der Waals surface area contributed by atoms with Crippen molar-refractivity contribution in [1.29, 1.82) is 0 Å². The van der Waals surface area contributed by atoms with Crippen molar-refractivity contribution in [1.82, 2.24) is 5.32 Å². The van der Waals surface area contributed by atoms with Crippen LogP contribution in [0.25, 0.3) is 0 Å².